The number of benzene rings is 4. The molecule has 5 aromatic rings. The Hall–Kier alpha value is -6.79. The van der Waals surface area contributed by atoms with Crippen LogP contribution in [0.1, 0.15) is 113 Å². The van der Waals surface area contributed by atoms with E-state index < -0.39 is 53.7 Å². The van der Waals surface area contributed by atoms with Gasteiger partial charge in [0.05, 0.1) is 16.4 Å². The lowest BCUT2D eigenvalue weighted by Crippen LogP contribution is -2.35. The van der Waals surface area contributed by atoms with E-state index >= 15 is 0 Å². The standard InChI is InChI=1S/C61H64N4O9S4/c1-38(32-40(3)60(73)74)35-63(41(4)66)58(55-57(70)62(61(75)78-55)31-15-16-39(2)59(71)72)76-37-53-64(36-54(67)68)56(69)52(77-53)24-14-17-42-27-30-51-49(34-42)47-22-12-7-13-23-50(47)65(51)46-28-25-43(26-29-46)33-48(44-18-8-5-9-19-44)45-20-10-6-11-21-45/h5-6,8-11,14,17-21,24-30,33-34,37-40,47,50H,7,12-13,15-16,22-23,31-32,35-36H2,1-4H3,(H,67,68)(H,71,72)(H,73,74)/b17-14?,52-24?,53-37+,58-55+. The molecule has 0 radical (unpaired) electrons. The van der Waals surface area contributed by atoms with Crippen LogP contribution in [0, 0.1) is 17.8 Å². The second-order valence-electron chi connectivity index (χ2n) is 20.3. The summed E-state index contributed by atoms with van der Waals surface area (Å²) in [5, 5.41) is 30.8. The number of carboxylic acids is 3. The predicted molar refractivity (Wildman–Crippen MR) is 318 cm³/mol. The highest BCUT2D eigenvalue weighted by Crippen LogP contribution is 2.51. The number of thiocarbonyl (C=S) groups is 1. The van der Waals surface area contributed by atoms with Gasteiger partial charge < -0.3 is 25.1 Å². The number of carbonyl (C=O) groups excluding carboxylic acids is 2. The Morgan fingerprint density at radius 2 is 1.49 bits per heavy atom. The molecule has 0 bridgehead atoms. The molecule has 1 aromatic heterocycles. The van der Waals surface area contributed by atoms with Crippen LogP contribution < -0.4 is 19.7 Å². The third kappa shape index (κ3) is 13.7. The molecule has 406 valence electrons. The van der Waals surface area contributed by atoms with Crippen molar-refractivity contribution in [1.82, 2.24) is 14.4 Å². The van der Waals surface area contributed by atoms with Crippen molar-refractivity contribution in [3.05, 3.63) is 167 Å². The number of hydrogen-bond acceptors (Lipinski definition) is 11. The second-order valence-corrected chi connectivity index (χ2v) is 23.8. The molecule has 13 nitrogen and oxygen atoms in total. The quantitative estimate of drug-likeness (QED) is 0.0360. The molecule has 8 rings (SSSR count). The Morgan fingerprint density at radius 3 is 2.13 bits per heavy atom. The zero-order valence-electron chi connectivity index (χ0n) is 44.1. The number of aromatic nitrogens is 1. The van der Waals surface area contributed by atoms with Gasteiger partial charge in [-0.25, -0.2) is 0 Å². The van der Waals surface area contributed by atoms with E-state index in [1.54, 1.807) is 31.4 Å². The van der Waals surface area contributed by atoms with Crippen molar-refractivity contribution in [2.24, 2.45) is 17.8 Å². The maximum absolute atomic E-state index is 14.2. The molecule has 3 aliphatic rings. The second kappa shape index (κ2) is 26.2. The van der Waals surface area contributed by atoms with Crippen LogP contribution in [0.25, 0.3) is 29.2 Å². The van der Waals surface area contributed by atoms with Gasteiger partial charge in [-0.1, -0.05) is 167 Å². The lowest BCUT2D eigenvalue weighted by molar-refractivity contribution is -0.142. The van der Waals surface area contributed by atoms with Crippen molar-refractivity contribution >= 4 is 122 Å². The van der Waals surface area contributed by atoms with Gasteiger partial charge >= 0.3 is 17.9 Å². The summed E-state index contributed by atoms with van der Waals surface area (Å²) in [5.74, 6) is -5.39. The fraction of sp³-hybridized carbons (Fsp3) is 0.328. The number of allylic oxidation sites excluding steroid dienone is 1. The summed E-state index contributed by atoms with van der Waals surface area (Å²) in [7, 11) is 0. The Bertz CT molecular complexity index is 3310. The van der Waals surface area contributed by atoms with Crippen LogP contribution >= 0.6 is 47.1 Å². The minimum Gasteiger partial charge on any atom is -0.481 e. The lowest BCUT2D eigenvalue weighted by Gasteiger charge is -2.30. The fourth-order valence-corrected chi connectivity index (χ4v) is 14.1. The van der Waals surface area contributed by atoms with E-state index in [1.165, 1.54) is 34.4 Å². The molecule has 3 N–H and O–H groups in total. The average molecular weight is 1130 g/mol. The summed E-state index contributed by atoms with van der Waals surface area (Å²) in [6.45, 7) is 5.89. The molecule has 1 saturated heterocycles. The van der Waals surface area contributed by atoms with Crippen molar-refractivity contribution in [1.29, 1.82) is 0 Å². The smallest absolute Gasteiger partial charge is 0.323 e. The topological polar surface area (TPSA) is 178 Å². The van der Waals surface area contributed by atoms with Crippen LogP contribution in [0.2, 0.25) is 0 Å². The molecule has 0 spiro atoms. The molecule has 5 atom stereocenters. The summed E-state index contributed by atoms with van der Waals surface area (Å²) >= 11 is 8.68. The first-order valence-corrected chi connectivity index (χ1v) is 29.2. The maximum Gasteiger partial charge on any atom is 0.323 e. The van der Waals surface area contributed by atoms with Gasteiger partial charge in [0.2, 0.25) is 5.91 Å². The van der Waals surface area contributed by atoms with E-state index in [1.807, 2.05) is 25.1 Å². The predicted octanol–water partition coefficient (Wildman–Crippen LogP) is 11.2. The van der Waals surface area contributed by atoms with Crippen LogP contribution in [0.4, 0.5) is 11.4 Å². The minimum absolute atomic E-state index is 0.0540. The van der Waals surface area contributed by atoms with Gasteiger partial charge in [0.15, 0.2) is 0 Å². The highest BCUT2D eigenvalue weighted by molar-refractivity contribution is 8.27. The molecular formula is C61H64N4O9S4. The number of anilines is 2. The minimum atomic E-state index is -1.24. The Balaban J connectivity index is 1.09. The Labute approximate surface area is 472 Å². The van der Waals surface area contributed by atoms with Gasteiger partial charge in [0, 0.05) is 48.8 Å². The molecule has 2 amide bonds. The molecule has 4 aromatic carbocycles. The zero-order valence-corrected chi connectivity index (χ0v) is 47.3. The van der Waals surface area contributed by atoms with Gasteiger partial charge in [0.25, 0.3) is 11.5 Å². The van der Waals surface area contributed by atoms with Crippen molar-refractivity contribution in [2.75, 3.05) is 18.0 Å². The number of aliphatic carboxylic acids is 3. The van der Waals surface area contributed by atoms with Crippen LogP contribution in [0.5, 0.6) is 0 Å². The van der Waals surface area contributed by atoms with Crippen molar-refractivity contribution < 1.29 is 39.3 Å². The van der Waals surface area contributed by atoms with Crippen LogP contribution in [0.3, 0.4) is 0 Å². The summed E-state index contributed by atoms with van der Waals surface area (Å²) in [5.41, 5.74) is 8.65. The number of nitrogens with zero attached hydrogens (tertiary/aromatic N) is 4. The summed E-state index contributed by atoms with van der Waals surface area (Å²) in [6, 6.07) is 36.6. The normalized spacial score (nSPS) is 18.6. The van der Waals surface area contributed by atoms with E-state index in [9.17, 15) is 44.1 Å². The molecule has 1 aliphatic carbocycles. The van der Waals surface area contributed by atoms with Gasteiger partial charge in [-0.15, -0.1) is 11.3 Å². The van der Waals surface area contributed by atoms with E-state index in [2.05, 4.69) is 102 Å². The van der Waals surface area contributed by atoms with E-state index in [0.717, 1.165) is 98.6 Å². The molecule has 3 heterocycles. The summed E-state index contributed by atoms with van der Waals surface area (Å²) in [6.07, 6.45) is 14.2. The van der Waals surface area contributed by atoms with Crippen LogP contribution in [0.15, 0.2) is 124 Å². The molecule has 2 aliphatic heterocycles. The number of hydrogen-bond donors (Lipinski definition) is 3. The van der Waals surface area contributed by atoms with Crippen molar-refractivity contribution in [3.63, 3.8) is 0 Å². The largest absolute Gasteiger partial charge is 0.481 e. The van der Waals surface area contributed by atoms with Gasteiger partial charge in [-0.2, -0.15) is 0 Å². The number of amides is 2. The average Bonchev–Trinajstić information content (AvgIpc) is 3.91. The highest BCUT2D eigenvalue weighted by atomic mass is 32.2. The summed E-state index contributed by atoms with van der Waals surface area (Å²) in [4.78, 5) is 82.6. The molecule has 2 fully saturated rings. The van der Waals surface area contributed by atoms with E-state index in [0.29, 0.717) is 24.8 Å². The number of rotatable bonds is 21. The van der Waals surface area contributed by atoms with Gasteiger partial charge in [-0.05, 0) is 108 Å². The Kier molecular flexibility index (Phi) is 19.3. The number of thiazole rings is 1. The SMILES string of the molecule is CC(=O)N(CC(C)CC(C)C(=O)O)/C(S/C=c1/sc(=CC=Cc2ccc3c(c2)C2CCCCCC2N3c2ccc(C=C(c3ccccc3)c3ccccc3)cc2)c(=O)n1CC(=O)O)=C1\SC(=S)N(CCCC(C)C(=O)O)C1=O. The van der Waals surface area contributed by atoms with E-state index in [-0.39, 0.29) is 48.9 Å². The highest BCUT2D eigenvalue weighted by Gasteiger charge is 2.40. The summed E-state index contributed by atoms with van der Waals surface area (Å²) < 4.78 is 1.91. The maximum atomic E-state index is 14.2. The molecule has 5 unspecified atom stereocenters. The van der Waals surface area contributed by atoms with Crippen molar-refractivity contribution in [3.8, 4) is 0 Å². The number of fused-ring (bicyclic) bond motifs is 3. The third-order valence-corrected chi connectivity index (χ3v) is 18.3. The number of carbonyl (C=O) groups is 5. The van der Waals surface area contributed by atoms with Crippen LogP contribution in [-0.2, 0) is 30.5 Å². The lowest BCUT2D eigenvalue weighted by atomic mass is 9.90. The number of thioether (sulfide) groups is 2. The fourth-order valence-electron chi connectivity index (χ4n) is 10.5. The van der Waals surface area contributed by atoms with E-state index in [4.69, 9.17) is 12.2 Å². The first kappa shape index (κ1) is 57.4. The zero-order chi connectivity index (χ0) is 55.6. The van der Waals surface area contributed by atoms with Gasteiger partial charge in [0.1, 0.15) is 25.5 Å². The number of carboxylic acid groups (broad SMARTS) is 3. The van der Waals surface area contributed by atoms with Crippen LogP contribution in [-0.4, -0.2) is 82.9 Å². The van der Waals surface area contributed by atoms with Crippen molar-refractivity contribution in [2.45, 2.75) is 97.6 Å². The molecular weight excluding hydrogens is 1060 g/mol. The monoisotopic (exact) mass is 1120 g/mol. The Morgan fingerprint density at radius 1 is 0.833 bits per heavy atom. The molecule has 78 heavy (non-hydrogen) atoms. The first-order chi connectivity index (χ1) is 37.5. The van der Waals surface area contributed by atoms with Gasteiger partial charge in [-0.3, -0.25) is 38.2 Å². The third-order valence-electron chi connectivity index (χ3n) is 14.5. The first-order valence-electron chi connectivity index (χ1n) is 26.3. The molecule has 1 saturated carbocycles. The molecule has 17 heteroatoms.